The van der Waals surface area contributed by atoms with Crippen molar-refractivity contribution in [2.45, 2.75) is 18.4 Å². The van der Waals surface area contributed by atoms with Crippen LogP contribution in [-0.2, 0) is 11.3 Å². The molecule has 1 aliphatic rings. The Labute approximate surface area is 95.4 Å². The van der Waals surface area contributed by atoms with Gasteiger partial charge in [0.25, 0.3) is 0 Å². The second-order valence-electron chi connectivity index (χ2n) is 3.69. The summed E-state index contributed by atoms with van der Waals surface area (Å²) in [6.45, 7) is 1.83. The maximum absolute atomic E-state index is 5.22. The number of benzene rings is 1. The Balaban J connectivity index is 2.17. The fraction of sp³-hybridized carbons (Fsp3) is 0.500. The molecule has 1 fully saturated rings. The van der Waals surface area contributed by atoms with E-state index >= 15 is 0 Å². The minimum Gasteiger partial charge on any atom is -0.380 e. The second-order valence-corrected chi connectivity index (χ2v) is 4.90. The summed E-state index contributed by atoms with van der Waals surface area (Å²) in [7, 11) is 1.75. The topological polar surface area (TPSA) is 21.3 Å². The smallest absolute Gasteiger partial charge is 0.0792 e. The first-order valence-electron chi connectivity index (χ1n) is 5.33. The van der Waals surface area contributed by atoms with E-state index in [1.165, 1.54) is 23.3 Å². The van der Waals surface area contributed by atoms with Gasteiger partial charge in [-0.05, 0) is 29.8 Å². The lowest BCUT2D eigenvalue weighted by molar-refractivity contribution is 0.184. The summed E-state index contributed by atoms with van der Waals surface area (Å²) < 4.78 is 5.22. The molecular weight excluding hydrogens is 206 g/mol. The van der Waals surface area contributed by atoms with E-state index in [1.807, 2.05) is 11.8 Å². The molecule has 0 aliphatic carbocycles. The van der Waals surface area contributed by atoms with Crippen LogP contribution >= 0.6 is 11.8 Å². The first kappa shape index (κ1) is 11.0. The van der Waals surface area contributed by atoms with Gasteiger partial charge in [-0.25, -0.2) is 0 Å². The van der Waals surface area contributed by atoms with Crippen LogP contribution in [0, 0.1) is 0 Å². The summed E-state index contributed by atoms with van der Waals surface area (Å²) in [6, 6.07) is 8.52. The molecule has 0 bridgehead atoms. The Kier molecular flexibility index (Phi) is 4.06. The van der Waals surface area contributed by atoms with Gasteiger partial charge in [-0.2, -0.15) is 0 Å². The largest absolute Gasteiger partial charge is 0.380 e. The molecule has 0 saturated carbocycles. The average Bonchev–Trinajstić information content (AvgIpc) is 2.31. The van der Waals surface area contributed by atoms with Gasteiger partial charge in [0.1, 0.15) is 0 Å². The lowest BCUT2D eigenvalue weighted by Crippen LogP contribution is -2.26. The Morgan fingerprint density at radius 2 is 2.33 bits per heavy atom. The molecule has 15 heavy (non-hydrogen) atoms. The normalized spacial score (nSPS) is 21.5. The molecule has 1 heterocycles. The molecule has 2 rings (SSSR count). The van der Waals surface area contributed by atoms with Crippen molar-refractivity contribution in [3.8, 4) is 0 Å². The van der Waals surface area contributed by atoms with Crippen LogP contribution in [0.3, 0.4) is 0 Å². The first-order chi connectivity index (χ1) is 7.42. The van der Waals surface area contributed by atoms with E-state index in [9.17, 15) is 0 Å². The third-order valence-corrected chi connectivity index (χ3v) is 3.85. The number of rotatable bonds is 3. The van der Waals surface area contributed by atoms with Crippen LogP contribution in [-0.4, -0.2) is 19.4 Å². The van der Waals surface area contributed by atoms with Gasteiger partial charge in [0.05, 0.1) is 12.0 Å². The van der Waals surface area contributed by atoms with Gasteiger partial charge < -0.3 is 10.1 Å². The minimum absolute atomic E-state index is 0.449. The summed E-state index contributed by atoms with van der Waals surface area (Å²) in [5, 5.41) is 3.99. The number of thioether (sulfide) groups is 1. The summed E-state index contributed by atoms with van der Waals surface area (Å²) in [6.07, 6.45) is 1.27. The molecule has 1 saturated heterocycles. The molecule has 1 atom stereocenters. The maximum Gasteiger partial charge on any atom is 0.0792 e. The van der Waals surface area contributed by atoms with Crippen molar-refractivity contribution in [2.24, 2.45) is 0 Å². The van der Waals surface area contributed by atoms with Crippen molar-refractivity contribution in [3.63, 3.8) is 0 Å². The number of nitrogens with one attached hydrogen (secondary N) is 1. The summed E-state index contributed by atoms with van der Waals surface area (Å²) in [5.74, 6) is 1.25. The Bertz CT molecular complexity index is 310. The standard InChI is InChI=1S/C12H17NOS/c1-14-9-10-5-2-3-6-11(10)12-13-7-4-8-15-12/h2-3,5-6,12-13H,4,7-9H2,1H3. The van der Waals surface area contributed by atoms with E-state index in [0.29, 0.717) is 12.0 Å². The minimum atomic E-state index is 0.449. The molecule has 3 heteroatoms. The quantitative estimate of drug-likeness (QED) is 0.851. The van der Waals surface area contributed by atoms with E-state index in [4.69, 9.17) is 4.74 Å². The second kappa shape index (κ2) is 5.54. The number of ether oxygens (including phenoxy) is 1. The first-order valence-corrected chi connectivity index (χ1v) is 6.38. The third kappa shape index (κ3) is 2.74. The Morgan fingerprint density at radius 3 is 3.07 bits per heavy atom. The molecule has 0 radical (unpaired) electrons. The van der Waals surface area contributed by atoms with E-state index in [2.05, 4.69) is 29.6 Å². The predicted molar refractivity (Wildman–Crippen MR) is 65.0 cm³/mol. The molecule has 1 N–H and O–H groups in total. The molecule has 1 aliphatic heterocycles. The number of methoxy groups -OCH3 is 1. The fourth-order valence-corrected chi connectivity index (χ4v) is 3.03. The zero-order chi connectivity index (χ0) is 10.5. The van der Waals surface area contributed by atoms with Gasteiger partial charge in [-0.1, -0.05) is 24.3 Å². The SMILES string of the molecule is COCc1ccccc1C1NCCCS1. The average molecular weight is 223 g/mol. The van der Waals surface area contributed by atoms with Gasteiger partial charge in [0, 0.05) is 7.11 Å². The van der Waals surface area contributed by atoms with E-state index in [1.54, 1.807) is 7.11 Å². The molecule has 2 nitrogen and oxygen atoms in total. The van der Waals surface area contributed by atoms with Crippen LogP contribution in [0.25, 0.3) is 0 Å². The molecule has 0 amide bonds. The van der Waals surface area contributed by atoms with Gasteiger partial charge in [0.15, 0.2) is 0 Å². The molecule has 1 aromatic carbocycles. The van der Waals surface area contributed by atoms with Crippen molar-refractivity contribution >= 4 is 11.8 Å². The summed E-state index contributed by atoms with van der Waals surface area (Å²) in [4.78, 5) is 0. The molecule has 82 valence electrons. The van der Waals surface area contributed by atoms with E-state index in [-0.39, 0.29) is 0 Å². The van der Waals surface area contributed by atoms with Crippen LogP contribution in [0.5, 0.6) is 0 Å². The zero-order valence-electron chi connectivity index (χ0n) is 9.03. The maximum atomic E-state index is 5.22. The van der Waals surface area contributed by atoms with Crippen molar-refractivity contribution in [3.05, 3.63) is 35.4 Å². The van der Waals surface area contributed by atoms with Gasteiger partial charge in [0.2, 0.25) is 0 Å². The molecule has 0 aromatic heterocycles. The molecule has 1 unspecified atom stereocenters. The molecular formula is C12H17NOS. The third-order valence-electron chi connectivity index (χ3n) is 2.57. The van der Waals surface area contributed by atoms with Crippen molar-refractivity contribution in [1.82, 2.24) is 5.32 Å². The summed E-state index contributed by atoms with van der Waals surface area (Å²) in [5.41, 5.74) is 2.68. The monoisotopic (exact) mass is 223 g/mol. The Morgan fingerprint density at radius 1 is 1.47 bits per heavy atom. The van der Waals surface area contributed by atoms with E-state index < -0.39 is 0 Å². The van der Waals surface area contributed by atoms with Crippen LogP contribution < -0.4 is 5.32 Å². The van der Waals surface area contributed by atoms with Gasteiger partial charge in [-0.3, -0.25) is 0 Å². The van der Waals surface area contributed by atoms with Crippen molar-refractivity contribution in [2.75, 3.05) is 19.4 Å². The van der Waals surface area contributed by atoms with Crippen LogP contribution in [0.15, 0.2) is 24.3 Å². The fourth-order valence-electron chi connectivity index (χ4n) is 1.84. The van der Waals surface area contributed by atoms with Crippen LogP contribution in [0.4, 0.5) is 0 Å². The highest BCUT2D eigenvalue weighted by atomic mass is 32.2. The van der Waals surface area contributed by atoms with Gasteiger partial charge in [-0.15, -0.1) is 11.8 Å². The van der Waals surface area contributed by atoms with Crippen LogP contribution in [0.2, 0.25) is 0 Å². The van der Waals surface area contributed by atoms with Crippen molar-refractivity contribution in [1.29, 1.82) is 0 Å². The highest BCUT2D eigenvalue weighted by Crippen LogP contribution is 2.31. The lowest BCUT2D eigenvalue weighted by Gasteiger charge is -2.25. The summed E-state index contributed by atoms with van der Waals surface area (Å²) >= 11 is 1.99. The zero-order valence-corrected chi connectivity index (χ0v) is 9.85. The van der Waals surface area contributed by atoms with E-state index in [0.717, 1.165) is 6.54 Å². The molecule has 1 aromatic rings. The highest BCUT2D eigenvalue weighted by Gasteiger charge is 2.17. The van der Waals surface area contributed by atoms with Crippen molar-refractivity contribution < 1.29 is 4.74 Å². The van der Waals surface area contributed by atoms with Gasteiger partial charge >= 0.3 is 0 Å². The number of hydrogen-bond donors (Lipinski definition) is 1. The number of hydrogen-bond acceptors (Lipinski definition) is 3. The van der Waals surface area contributed by atoms with Crippen LogP contribution in [0.1, 0.15) is 22.9 Å². The Hall–Kier alpha value is -0.510. The highest BCUT2D eigenvalue weighted by molar-refractivity contribution is 7.99. The lowest BCUT2D eigenvalue weighted by atomic mass is 10.1. The predicted octanol–water partition coefficient (Wildman–Crippen LogP) is 2.56. The molecule has 0 spiro atoms.